The second kappa shape index (κ2) is 6.16. The third kappa shape index (κ3) is 3.71. The molecule has 1 unspecified atom stereocenters. The van der Waals surface area contributed by atoms with Gasteiger partial charge < -0.3 is 25.4 Å². The third-order valence-corrected chi connectivity index (χ3v) is 3.87. The molecule has 22 heavy (non-hydrogen) atoms. The lowest BCUT2D eigenvalue weighted by molar-refractivity contribution is -0.127. The van der Waals surface area contributed by atoms with Crippen molar-refractivity contribution in [2.75, 3.05) is 19.8 Å². The fourth-order valence-electron chi connectivity index (χ4n) is 2.88. The first kappa shape index (κ1) is 16.6. The zero-order valence-electron chi connectivity index (χ0n) is 13.5. The van der Waals surface area contributed by atoms with Crippen molar-refractivity contribution in [3.63, 3.8) is 0 Å². The summed E-state index contributed by atoms with van der Waals surface area (Å²) in [5.41, 5.74) is -1.47. The van der Waals surface area contributed by atoms with Crippen molar-refractivity contribution in [1.29, 1.82) is 0 Å². The van der Waals surface area contributed by atoms with Crippen molar-refractivity contribution in [3.8, 4) is 0 Å². The number of alkyl carbamates (subject to hydrolysis) is 1. The van der Waals surface area contributed by atoms with Crippen molar-refractivity contribution in [1.82, 2.24) is 16.0 Å². The van der Waals surface area contributed by atoms with E-state index >= 15 is 0 Å². The molecule has 124 valence electrons. The first-order chi connectivity index (χ1) is 10.2. The average molecular weight is 311 g/mol. The quantitative estimate of drug-likeness (QED) is 0.719. The number of carbonyl (C=O) groups is 2. The van der Waals surface area contributed by atoms with Crippen molar-refractivity contribution >= 4 is 12.0 Å². The van der Waals surface area contributed by atoms with E-state index in [1.54, 1.807) is 20.8 Å². The molecule has 2 fully saturated rings. The van der Waals surface area contributed by atoms with Gasteiger partial charge in [-0.15, -0.1) is 0 Å². The molecule has 0 aromatic rings. The van der Waals surface area contributed by atoms with E-state index in [-0.39, 0.29) is 18.4 Å². The standard InChI is InChI=1S/C15H25N3O4/c1-10-17-12(19)15(18-10,11-5-7-21-8-6-11)9-16-13(20)22-14(2,3)4/h11,18H,1,5-9H2,2-4H3,(H,16,20)(H,17,19). The molecule has 2 rings (SSSR count). The Kier molecular flexibility index (Phi) is 4.65. The van der Waals surface area contributed by atoms with E-state index in [1.807, 2.05) is 0 Å². The summed E-state index contributed by atoms with van der Waals surface area (Å²) in [6, 6.07) is 0. The van der Waals surface area contributed by atoms with Crippen LogP contribution in [0.4, 0.5) is 4.79 Å². The summed E-state index contributed by atoms with van der Waals surface area (Å²) >= 11 is 0. The van der Waals surface area contributed by atoms with Gasteiger partial charge in [-0.05, 0) is 39.5 Å². The van der Waals surface area contributed by atoms with Gasteiger partial charge in [0.15, 0.2) is 0 Å². The fourth-order valence-corrected chi connectivity index (χ4v) is 2.88. The van der Waals surface area contributed by atoms with Crippen LogP contribution in [-0.2, 0) is 14.3 Å². The highest BCUT2D eigenvalue weighted by molar-refractivity contribution is 5.92. The second-order valence-electron chi connectivity index (χ2n) is 6.77. The summed E-state index contributed by atoms with van der Waals surface area (Å²) in [5, 5.41) is 8.53. The molecule has 0 aromatic heterocycles. The molecule has 0 aliphatic carbocycles. The van der Waals surface area contributed by atoms with Crippen LogP contribution in [0.1, 0.15) is 33.6 Å². The van der Waals surface area contributed by atoms with E-state index in [1.165, 1.54) is 0 Å². The third-order valence-electron chi connectivity index (χ3n) is 3.87. The minimum absolute atomic E-state index is 0.0652. The summed E-state index contributed by atoms with van der Waals surface area (Å²) in [4.78, 5) is 24.3. The first-order valence-electron chi connectivity index (χ1n) is 7.56. The number of carbonyl (C=O) groups excluding carboxylic acids is 2. The Morgan fingerprint density at radius 2 is 2.09 bits per heavy atom. The van der Waals surface area contributed by atoms with Crippen LogP contribution in [0.5, 0.6) is 0 Å². The van der Waals surface area contributed by atoms with E-state index in [4.69, 9.17) is 9.47 Å². The van der Waals surface area contributed by atoms with Crippen LogP contribution in [0.2, 0.25) is 0 Å². The number of nitrogens with one attached hydrogen (secondary N) is 3. The number of hydrogen-bond acceptors (Lipinski definition) is 5. The Morgan fingerprint density at radius 1 is 1.45 bits per heavy atom. The highest BCUT2D eigenvalue weighted by Gasteiger charge is 2.50. The van der Waals surface area contributed by atoms with Crippen LogP contribution < -0.4 is 16.0 Å². The Hall–Kier alpha value is -1.76. The molecule has 0 bridgehead atoms. The Bertz CT molecular complexity index is 466. The maximum Gasteiger partial charge on any atom is 0.407 e. The van der Waals surface area contributed by atoms with Crippen LogP contribution in [-0.4, -0.2) is 42.9 Å². The normalized spacial score (nSPS) is 26.3. The second-order valence-corrected chi connectivity index (χ2v) is 6.77. The molecule has 3 N–H and O–H groups in total. The minimum Gasteiger partial charge on any atom is -0.444 e. The van der Waals surface area contributed by atoms with Crippen molar-refractivity contribution < 1.29 is 19.1 Å². The van der Waals surface area contributed by atoms with Crippen molar-refractivity contribution in [2.24, 2.45) is 5.92 Å². The molecule has 2 aliphatic rings. The van der Waals surface area contributed by atoms with Gasteiger partial charge in [0.05, 0.1) is 12.4 Å². The van der Waals surface area contributed by atoms with Crippen LogP contribution in [0.25, 0.3) is 0 Å². The van der Waals surface area contributed by atoms with Gasteiger partial charge in [0.25, 0.3) is 5.91 Å². The predicted molar refractivity (Wildman–Crippen MR) is 80.9 cm³/mol. The van der Waals surface area contributed by atoms with Gasteiger partial charge >= 0.3 is 6.09 Å². The zero-order chi connectivity index (χ0) is 16.4. The monoisotopic (exact) mass is 311 g/mol. The van der Waals surface area contributed by atoms with Crippen molar-refractivity contribution in [3.05, 3.63) is 12.4 Å². The lowest BCUT2D eigenvalue weighted by Gasteiger charge is -2.37. The molecule has 0 aromatic carbocycles. The number of ether oxygens (including phenoxy) is 2. The summed E-state index contributed by atoms with van der Waals surface area (Å²) in [6.45, 7) is 10.5. The SMILES string of the molecule is C=C1NC(=O)C(CNC(=O)OC(C)(C)C)(C2CCOCC2)N1. The van der Waals surface area contributed by atoms with E-state index in [0.717, 1.165) is 12.8 Å². The molecule has 2 saturated heterocycles. The molecule has 2 heterocycles. The van der Waals surface area contributed by atoms with Crippen LogP contribution >= 0.6 is 0 Å². The number of rotatable bonds is 3. The Balaban J connectivity index is 2.07. The molecule has 1 atom stereocenters. The number of amides is 2. The topological polar surface area (TPSA) is 88.7 Å². The number of hydrogen-bond donors (Lipinski definition) is 3. The van der Waals surface area contributed by atoms with Gasteiger partial charge in [0, 0.05) is 13.2 Å². The Labute approximate surface area is 130 Å². The molecule has 7 nitrogen and oxygen atoms in total. The molecule has 2 amide bonds. The molecule has 2 aliphatic heterocycles. The predicted octanol–water partition coefficient (Wildman–Crippen LogP) is 0.867. The molecular weight excluding hydrogens is 286 g/mol. The molecule has 0 radical (unpaired) electrons. The van der Waals surface area contributed by atoms with Gasteiger partial charge in [0.2, 0.25) is 0 Å². The molecular formula is C15H25N3O4. The smallest absolute Gasteiger partial charge is 0.407 e. The highest BCUT2D eigenvalue weighted by Crippen LogP contribution is 2.31. The maximum atomic E-state index is 12.4. The summed E-state index contributed by atoms with van der Waals surface area (Å²) in [7, 11) is 0. The van der Waals surface area contributed by atoms with E-state index in [0.29, 0.717) is 19.0 Å². The first-order valence-corrected chi connectivity index (χ1v) is 7.56. The van der Waals surface area contributed by atoms with Gasteiger partial charge in [0.1, 0.15) is 11.1 Å². The zero-order valence-corrected chi connectivity index (χ0v) is 13.5. The van der Waals surface area contributed by atoms with Crippen LogP contribution in [0.15, 0.2) is 12.4 Å². The fraction of sp³-hybridized carbons (Fsp3) is 0.733. The molecule has 0 saturated carbocycles. The van der Waals surface area contributed by atoms with Crippen LogP contribution in [0, 0.1) is 5.92 Å². The maximum absolute atomic E-state index is 12.4. The average Bonchev–Trinajstić information content (AvgIpc) is 2.71. The summed E-state index contributed by atoms with van der Waals surface area (Å²) in [5.74, 6) is 0.360. The summed E-state index contributed by atoms with van der Waals surface area (Å²) < 4.78 is 10.6. The lowest BCUT2D eigenvalue weighted by Crippen LogP contribution is -2.60. The van der Waals surface area contributed by atoms with Gasteiger partial charge in [-0.1, -0.05) is 6.58 Å². The Morgan fingerprint density at radius 3 is 2.59 bits per heavy atom. The lowest BCUT2D eigenvalue weighted by atomic mass is 9.78. The largest absolute Gasteiger partial charge is 0.444 e. The van der Waals surface area contributed by atoms with Crippen molar-refractivity contribution in [2.45, 2.75) is 44.8 Å². The summed E-state index contributed by atoms with van der Waals surface area (Å²) in [6.07, 6.45) is 0.971. The highest BCUT2D eigenvalue weighted by atomic mass is 16.6. The molecule has 0 spiro atoms. The van der Waals surface area contributed by atoms with Crippen LogP contribution in [0.3, 0.4) is 0 Å². The molecule has 7 heteroatoms. The van der Waals surface area contributed by atoms with Gasteiger partial charge in [-0.2, -0.15) is 0 Å². The van der Waals surface area contributed by atoms with Gasteiger partial charge in [-0.25, -0.2) is 4.79 Å². The van der Waals surface area contributed by atoms with Gasteiger partial charge in [-0.3, -0.25) is 4.79 Å². The van der Waals surface area contributed by atoms with E-state index < -0.39 is 17.2 Å². The van der Waals surface area contributed by atoms with E-state index in [2.05, 4.69) is 22.5 Å². The minimum atomic E-state index is -0.891. The van der Waals surface area contributed by atoms with E-state index in [9.17, 15) is 9.59 Å².